The molecule has 0 radical (unpaired) electrons. The normalized spacial score (nSPS) is 12.9. The Hall–Kier alpha value is -1.13. The number of alkyl halides is 8. The minimum absolute atomic E-state index is 0.0618. The highest BCUT2D eigenvalue weighted by molar-refractivity contribution is 9.10. The van der Waals surface area contributed by atoms with E-state index in [0.717, 1.165) is 0 Å². The largest absolute Gasteiger partial charge is 0.573 e. The zero-order valence-electron chi connectivity index (χ0n) is 8.41. The molecule has 0 spiro atoms. The van der Waals surface area contributed by atoms with Crippen LogP contribution in [-0.2, 0) is 6.18 Å². The average molecular weight is 360 g/mol. The molecular formula is C8H2BrF8NO. The average Bonchev–Trinajstić information content (AvgIpc) is 2.16. The monoisotopic (exact) mass is 359 g/mol. The molecule has 11 heteroatoms. The SMILES string of the molecule is FC(F)c1c(C(F)(F)F)ncc(OC(F)(F)F)c1Br. The van der Waals surface area contributed by atoms with Crippen LogP contribution in [0.2, 0.25) is 0 Å². The fourth-order valence-electron chi connectivity index (χ4n) is 1.11. The van der Waals surface area contributed by atoms with Crippen LogP contribution in [0.4, 0.5) is 35.1 Å². The second kappa shape index (κ2) is 5.10. The Labute approximate surface area is 108 Å². The summed E-state index contributed by atoms with van der Waals surface area (Å²) in [5.74, 6) is -1.28. The number of ether oxygens (including phenoxy) is 1. The Bertz CT molecular complexity index is 469. The Kier molecular flexibility index (Phi) is 4.27. The van der Waals surface area contributed by atoms with Crippen molar-refractivity contribution in [1.82, 2.24) is 4.98 Å². The van der Waals surface area contributed by atoms with Crippen LogP contribution in [0.15, 0.2) is 10.7 Å². The molecule has 1 heterocycles. The standard InChI is InChI=1S/C8H2BrF8NO/c9-4-2(19-8(15,16)17)1-18-5(7(12,13)14)3(4)6(10)11/h1,6H. The lowest BCUT2D eigenvalue weighted by Crippen LogP contribution is -2.19. The van der Waals surface area contributed by atoms with Gasteiger partial charge in [-0.05, 0) is 15.9 Å². The molecular weight excluding hydrogens is 358 g/mol. The Morgan fingerprint density at radius 2 is 1.63 bits per heavy atom. The quantitative estimate of drug-likeness (QED) is 0.714. The van der Waals surface area contributed by atoms with Crippen LogP contribution < -0.4 is 4.74 Å². The second-order valence-corrected chi connectivity index (χ2v) is 3.84. The smallest absolute Gasteiger partial charge is 0.403 e. The Balaban J connectivity index is 3.40. The third-order valence-corrected chi connectivity index (χ3v) is 2.55. The molecule has 0 fully saturated rings. The van der Waals surface area contributed by atoms with Crippen molar-refractivity contribution in [3.05, 3.63) is 21.9 Å². The highest BCUT2D eigenvalue weighted by Gasteiger charge is 2.41. The summed E-state index contributed by atoms with van der Waals surface area (Å²) in [6, 6.07) is 0. The highest BCUT2D eigenvalue weighted by atomic mass is 79.9. The molecule has 19 heavy (non-hydrogen) atoms. The third-order valence-electron chi connectivity index (χ3n) is 1.73. The predicted molar refractivity (Wildman–Crippen MR) is 48.6 cm³/mol. The lowest BCUT2D eigenvalue weighted by atomic mass is 10.2. The first-order valence-corrected chi connectivity index (χ1v) is 5.02. The minimum atomic E-state index is -5.25. The first-order chi connectivity index (χ1) is 8.43. The number of halogens is 9. The van der Waals surface area contributed by atoms with Crippen LogP contribution in [0.3, 0.4) is 0 Å². The second-order valence-electron chi connectivity index (χ2n) is 3.04. The van der Waals surface area contributed by atoms with Gasteiger partial charge in [0.25, 0.3) is 6.43 Å². The van der Waals surface area contributed by atoms with Crippen molar-refractivity contribution in [2.45, 2.75) is 19.0 Å². The van der Waals surface area contributed by atoms with E-state index < -0.39 is 40.4 Å². The fraction of sp³-hybridized carbons (Fsp3) is 0.375. The van der Waals surface area contributed by atoms with Gasteiger partial charge in [-0.2, -0.15) is 13.2 Å². The van der Waals surface area contributed by atoms with Gasteiger partial charge in [0.05, 0.1) is 16.2 Å². The fourth-order valence-corrected chi connectivity index (χ4v) is 1.65. The first kappa shape index (κ1) is 15.9. The first-order valence-electron chi connectivity index (χ1n) is 4.23. The van der Waals surface area contributed by atoms with Crippen LogP contribution in [-0.4, -0.2) is 11.3 Å². The van der Waals surface area contributed by atoms with E-state index in [4.69, 9.17) is 0 Å². The van der Waals surface area contributed by atoms with Gasteiger partial charge in [-0.3, -0.25) is 0 Å². The van der Waals surface area contributed by atoms with E-state index in [0.29, 0.717) is 0 Å². The minimum Gasteiger partial charge on any atom is -0.403 e. The van der Waals surface area contributed by atoms with Gasteiger partial charge in [0.2, 0.25) is 0 Å². The number of hydrogen-bond donors (Lipinski definition) is 0. The lowest BCUT2D eigenvalue weighted by molar-refractivity contribution is -0.275. The molecule has 0 N–H and O–H groups in total. The lowest BCUT2D eigenvalue weighted by Gasteiger charge is -2.16. The van der Waals surface area contributed by atoms with Crippen LogP contribution in [0.25, 0.3) is 0 Å². The Morgan fingerprint density at radius 3 is 2.00 bits per heavy atom. The molecule has 108 valence electrons. The van der Waals surface area contributed by atoms with E-state index in [-0.39, 0.29) is 6.20 Å². The van der Waals surface area contributed by atoms with Gasteiger partial charge in [-0.1, -0.05) is 0 Å². The molecule has 1 aromatic rings. The molecule has 0 amide bonds. The van der Waals surface area contributed by atoms with E-state index in [1.54, 1.807) is 0 Å². The van der Waals surface area contributed by atoms with Crippen molar-refractivity contribution in [3.63, 3.8) is 0 Å². The van der Waals surface area contributed by atoms with Crippen LogP contribution in [0.5, 0.6) is 5.75 Å². The van der Waals surface area contributed by atoms with Crippen LogP contribution in [0, 0.1) is 0 Å². The van der Waals surface area contributed by atoms with Crippen molar-refractivity contribution >= 4 is 15.9 Å². The van der Waals surface area contributed by atoms with Crippen molar-refractivity contribution in [3.8, 4) is 5.75 Å². The summed E-state index contributed by atoms with van der Waals surface area (Å²) in [4.78, 5) is 2.56. The Morgan fingerprint density at radius 1 is 1.11 bits per heavy atom. The molecule has 0 atom stereocenters. The van der Waals surface area contributed by atoms with E-state index in [2.05, 4.69) is 25.7 Å². The maximum absolute atomic E-state index is 12.5. The van der Waals surface area contributed by atoms with Gasteiger partial charge in [-0.15, -0.1) is 13.2 Å². The van der Waals surface area contributed by atoms with Gasteiger partial charge >= 0.3 is 12.5 Å². The summed E-state index contributed by atoms with van der Waals surface area (Å²) >= 11 is 2.23. The van der Waals surface area contributed by atoms with Gasteiger partial charge in [0, 0.05) is 0 Å². The number of pyridine rings is 1. The molecule has 0 saturated carbocycles. The zero-order chi connectivity index (χ0) is 15.0. The third kappa shape index (κ3) is 3.91. The summed E-state index contributed by atoms with van der Waals surface area (Å²) in [6.45, 7) is 0. The maximum atomic E-state index is 12.5. The van der Waals surface area contributed by atoms with Gasteiger partial charge in [0.15, 0.2) is 11.4 Å². The summed E-state index contributed by atoms with van der Waals surface area (Å²) in [5.41, 5.74) is -3.70. The zero-order valence-corrected chi connectivity index (χ0v) is 10.00. The van der Waals surface area contributed by atoms with Gasteiger partial charge in [-0.25, -0.2) is 13.8 Å². The van der Waals surface area contributed by atoms with Crippen molar-refractivity contribution in [1.29, 1.82) is 0 Å². The van der Waals surface area contributed by atoms with E-state index in [1.165, 1.54) is 0 Å². The molecule has 0 aliphatic rings. The summed E-state index contributed by atoms with van der Waals surface area (Å²) in [5, 5.41) is 0. The maximum Gasteiger partial charge on any atom is 0.573 e. The van der Waals surface area contributed by atoms with Crippen molar-refractivity contribution < 1.29 is 39.9 Å². The summed E-state index contributed by atoms with van der Waals surface area (Å²) in [6.07, 6.45) is -14.1. The molecule has 0 aliphatic heterocycles. The van der Waals surface area contributed by atoms with E-state index >= 15 is 0 Å². The molecule has 0 saturated heterocycles. The topological polar surface area (TPSA) is 22.1 Å². The molecule has 0 bridgehead atoms. The van der Waals surface area contributed by atoms with E-state index in [9.17, 15) is 35.1 Å². The predicted octanol–water partition coefficient (Wildman–Crippen LogP) is 4.70. The number of hydrogen-bond acceptors (Lipinski definition) is 2. The highest BCUT2D eigenvalue weighted by Crippen LogP contribution is 2.43. The summed E-state index contributed by atoms with van der Waals surface area (Å²) in [7, 11) is 0. The van der Waals surface area contributed by atoms with Gasteiger partial charge in [0.1, 0.15) is 0 Å². The number of nitrogens with zero attached hydrogens (tertiary/aromatic N) is 1. The molecule has 0 aliphatic carbocycles. The number of aromatic nitrogens is 1. The number of rotatable bonds is 2. The molecule has 1 aromatic heterocycles. The van der Waals surface area contributed by atoms with Crippen LogP contribution >= 0.6 is 15.9 Å². The van der Waals surface area contributed by atoms with E-state index in [1.807, 2.05) is 0 Å². The van der Waals surface area contributed by atoms with Gasteiger partial charge < -0.3 is 4.74 Å². The molecule has 0 unspecified atom stereocenters. The molecule has 1 rings (SSSR count). The summed E-state index contributed by atoms with van der Waals surface area (Å²) < 4.78 is 100. The molecule has 2 nitrogen and oxygen atoms in total. The van der Waals surface area contributed by atoms with Crippen molar-refractivity contribution in [2.75, 3.05) is 0 Å². The van der Waals surface area contributed by atoms with Crippen LogP contribution in [0.1, 0.15) is 17.7 Å². The molecule has 0 aromatic carbocycles. The van der Waals surface area contributed by atoms with Crippen molar-refractivity contribution in [2.24, 2.45) is 0 Å².